The van der Waals surface area contributed by atoms with Crippen LogP contribution in [0.15, 0.2) is 0 Å². The van der Waals surface area contributed by atoms with Crippen LogP contribution in [-0.4, -0.2) is 13.4 Å². The summed E-state index contributed by atoms with van der Waals surface area (Å²) in [6.07, 6.45) is 4.79. The normalized spacial score (nSPS) is 8.67. The minimum absolute atomic E-state index is 0.630. The topological polar surface area (TPSA) is 0 Å². The zero-order chi connectivity index (χ0) is 9.40. The maximum Gasteiger partial charge on any atom is 0.229 e. The van der Waals surface area contributed by atoms with Crippen LogP contribution in [0.25, 0.3) is 0 Å². The first-order chi connectivity index (χ1) is 5.78. The molecular weight excluding hydrogens is 142 g/mol. The van der Waals surface area contributed by atoms with E-state index >= 15 is 0 Å². The van der Waals surface area contributed by atoms with Gasteiger partial charge in [0.05, 0.1) is 0 Å². The van der Waals surface area contributed by atoms with E-state index < -0.39 is 0 Å². The molecule has 0 saturated carbocycles. The predicted octanol–water partition coefficient (Wildman–Crippen LogP) is 3.14. The van der Waals surface area contributed by atoms with Crippen molar-refractivity contribution in [3.05, 3.63) is 0 Å². The average molecular weight is 162 g/mol. The second-order valence-corrected chi connectivity index (χ2v) is 3.32. The fourth-order valence-electron chi connectivity index (χ4n) is 1.22. The Morgan fingerprint density at radius 3 is 1.08 bits per heavy atom. The smallest absolute Gasteiger partial charge is 0.167 e. The Labute approximate surface area is 78.7 Å². The van der Waals surface area contributed by atoms with E-state index in [1.807, 2.05) is 0 Å². The SMILES string of the molecule is CCB(C#CB(CC)CC)CC. The molecule has 0 rings (SSSR count). The second kappa shape index (κ2) is 7.34. The van der Waals surface area contributed by atoms with Gasteiger partial charge in [-0.15, -0.1) is 0 Å². The van der Waals surface area contributed by atoms with Crippen molar-refractivity contribution >= 4 is 13.4 Å². The molecule has 0 atom stereocenters. The molecule has 0 aromatic heterocycles. The van der Waals surface area contributed by atoms with Crippen molar-refractivity contribution in [1.82, 2.24) is 0 Å². The first-order valence-electron chi connectivity index (χ1n) is 5.29. The maximum atomic E-state index is 3.37. The van der Waals surface area contributed by atoms with Crippen molar-refractivity contribution in [1.29, 1.82) is 0 Å². The van der Waals surface area contributed by atoms with E-state index in [0.29, 0.717) is 13.4 Å². The Balaban J connectivity index is 3.96. The largest absolute Gasteiger partial charge is 0.229 e. The number of hydrogen-bond donors (Lipinski definition) is 0. The quantitative estimate of drug-likeness (QED) is 0.439. The molecule has 66 valence electrons. The molecule has 0 heterocycles. The van der Waals surface area contributed by atoms with Gasteiger partial charge in [0.1, 0.15) is 0 Å². The molecule has 0 aromatic rings. The van der Waals surface area contributed by atoms with E-state index in [1.54, 1.807) is 0 Å². The Morgan fingerprint density at radius 2 is 0.917 bits per heavy atom. The average Bonchev–Trinajstić information content (AvgIpc) is 2.13. The molecule has 0 saturated heterocycles. The molecule has 0 aromatic carbocycles. The van der Waals surface area contributed by atoms with Gasteiger partial charge in [0.2, 0.25) is 13.4 Å². The predicted molar refractivity (Wildman–Crippen MR) is 61.2 cm³/mol. The van der Waals surface area contributed by atoms with Crippen molar-refractivity contribution in [3.8, 4) is 11.6 Å². The van der Waals surface area contributed by atoms with Gasteiger partial charge >= 0.3 is 0 Å². The molecule has 0 aliphatic heterocycles. The summed E-state index contributed by atoms with van der Waals surface area (Å²) in [6.45, 7) is 10.1. The Hall–Kier alpha value is -0.310. The first kappa shape index (κ1) is 11.7. The molecule has 0 radical (unpaired) electrons. The minimum atomic E-state index is 0.630. The van der Waals surface area contributed by atoms with Crippen LogP contribution in [0.4, 0.5) is 0 Å². The summed E-state index contributed by atoms with van der Waals surface area (Å²) in [4.78, 5) is 0. The Kier molecular flexibility index (Phi) is 7.16. The molecule has 0 nitrogen and oxygen atoms in total. The summed E-state index contributed by atoms with van der Waals surface area (Å²) in [7, 11) is 0. The van der Waals surface area contributed by atoms with Gasteiger partial charge in [0, 0.05) is 0 Å². The molecule has 0 aliphatic rings. The van der Waals surface area contributed by atoms with Crippen molar-refractivity contribution < 1.29 is 0 Å². The van der Waals surface area contributed by atoms with Crippen molar-refractivity contribution in [2.24, 2.45) is 0 Å². The van der Waals surface area contributed by atoms with Gasteiger partial charge in [-0.1, -0.05) is 53.0 Å². The van der Waals surface area contributed by atoms with Crippen molar-refractivity contribution in [3.63, 3.8) is 0 Å². The third-order valence-corrected chi connectivity index (χ3v) is 2.46. The van der Waals surface area contributed by atoms with E-state index in [4.69, 9.17) is 0 Å². The summed E-state index contributed by atoms with van der Waals surface area (Å²) >= 11 is 0. The molecule has 0 aliphatic carbocycles. The lowest BCUT2D eigenvalue weighted by Crippen LogP contribution is -2.10. The zero-order valence-electron chi connectivity index (χ0n) is 8.98. The van der Waals surface area contributed by atoms with Gasteiger partial charge in [-0.3, -0.25) is 0 Å². The van der Waals surface area contributed by atoms with Crippen LogP contribution in [0.3, 0.4) is 0 Å². The zero-order valence-corrected chi connectivity index (χ0v) is 8.98. The third-order valence-electron chi connectivity index (χ3n) is 2.46. The van der Waals surface area contributed by atoms with Crippen LogP contribution in [0.1, 0.15) is 27.7 Å². The van der Waals surface area contributed by atoms with Crippen LogP contribution >= 0.6 is 0 Å². The summed E-state index contributed by atoms with van der Waals surface area (Å²) in [5.74, 6) is 6.74. The summed E-state index contributed by atoms with van der Waals surface area (Å²) in [5, 5.41) is 0. The third kappa shape index (κ3) is 4.54. The van der Waals surface area contributed by atoms with Crippen molar-refractivity contribution in [2.75, 3.05) is 0 Å². The molecule has 0 spiro atoms. The van der Waals surface area contributed by atoms with Crippen LogP contribution in [0, 0.1) is 11.6 Å². The maximum absolute atomic E-state index is 3.37. The fraction of sp³-hybridized carbons (Fsp3) is 0.800. The van der Waals surface area contributed by atoms with E-state index in [9.17, 15) is 0 Å². The first-order valence-corrected chi connectivity index (χ1v) is 5.29. The standard InChI is InChI=1S/C10H20B2/c1-5-11(6-2)9-10-12(7-3)8-4/h5-8H2,1-4H3. The van der Waals surface area contributed by atoms with Gasteiger partial charge in [0.15, 0.2) is 0 Å². The summed E-state index contributed by atoms with van der Waals surface area (Å²) < 4.78 is 0. The summed E-state index contributed by atoms with van der Waals surface area (Å²) in [6, 6.07) is 0. The highest BCUT2D eigenvalue weighted by molar-refractivity contribution is 6.73. The highest BCUT2D eigenvalue weighted by atomic mass is 13.7. The van der Waals surface area contributed by atoms with Gasteiger partial charge in [-0.05, 0) is 0 Å². The molecule has 0 fully saturated rings. The van der Waals surface area contributed by atoms with E-state index in [2.05, 4.69) is 39.3 Å². The van der Waals surface area contributed by atoms with Crippen LogP contribution in [-0.2, 0) is 0 Å². The lowest BCUT2D eigenvalue weighted by Gasteiger charge is -1.99. The Bertz CT molecular complexity index is 131. The second-order valence-electron chi connectivity index (χ2n) is 3.32. The van der Waals surface area contributed by atoms with E-state index in [1.165, 1.54) is 25.3 Å². The van der Waals surface area contributed by atoms with Crippen LogP contribution < -0.4 is 0 Å². The molecule has 0 unspecified atom stereocenters. The molecule has 0 N–H and O–H groups in total. The van der Waals surface area contributed by atoms with E-state index in [0.717, 1.165) is 0 Å². The molecule has 2 heteroatoms. The highest BCUT2D eigenvalue weighted by Gasteiger charge is 2.06. The van der Waals surface area contributed by atoms with E-state index in [-0.39, 0.29) is 0 Å². The molecule has 0 amide bonds. The highest BCUT2D eigenvalue weighted by Crippen LogP contribution is 1.99. The molecular formula is C10H20B2. The van der Waals surface area contributed by atoms with Gasteiger partial charge < -0.3 is 0 Å². The Morgan fingerprint density at radius 1 is 0.667 bits per heavy atom. The van der Waals surface area contributed by atoms with Gasteiger partial charge in [-0.25, -0.2) is 0 Å². The van der Waals surface area contributed by atoms with Crippen LogP contribution in [0.2, 0.25) is 25.3 Å². The van der Waals surface area contributed by atoms with Crippen molar-refractivity contribution in [2.45, 2.75) is 53.0 Å². The minimum Gasteiger partial charge on any atom is -0.167 e. The van der Waals surface area contributed by atoms with Gasteiger partial charge in [0.25, 0.3) is 0 Å². The molecule has 12 heavy (non-hydrogen) atoms. The monoisotopic (exact) mass is 162 g/mol. The number of rotatable bonds is 4. The fourth-order valence-corrected chi connectivity index (χ4v) is 1.22. The number of hydrogen-bond acceptors (Lipinski definition) is 0. The lowest BCUT2D eigenvalue weighted by molar-refractivity contribution is 1.33. The van der Waals surface area contributed by atoms with Crippen LogP contribution in [0.5, 0.6) is 0 Å². The lowest BCUT2D eigenvalue weighted by atomic mass is 9.41. The molecule has 0 bridgehead atoms. The van der Waals surface area contributed by atoms with Gasteiger partial charge in [-0.2, -0.15) is 11.6 Å². The summed E-state index contributed by atoms with van der Waals surface area (Å²) in [5.41, 5.74) is 0.